The van der Waals surface area contributed by atoms with E-state index < -0.39 is 12.0 Å². The Bertz CT molecular complexity index is 335. The van der Waals surface area contributed by atoms with Crippen LogP contribution < -0.4 is 10.8 Å². The first-order valence-electron chi connectivity index (χ1n) is 3.16. The Morgan fingerprint density at radius 3 is 2.69 bits per heavy atom. The van der Waals surface area contributed by atoms with Crippen LogP contribution in [0, 0.1) is 0 Å². The number of hydroxylamine groups is 1. The first-order valence-corrected chi connectivity index (χ1v) is 4.04. The summed E-state index contributed by atoms with van der Waals surface area (Å²) < 4.78 is 0. The summed E-state index contributed by atoms with van der Waals surface area (Å²) in [4.78, 5) is 21.2. The summed E-state index contributed by atoms with van der Waals surface area (Å²) in [7, 11) is 0. The van der Waals surface area contributed by atoms with Crippen molar-refractivity contribution in [1.82, 2.24) is 5.48 Å². The molecular formula is C6H6N2O4S. The van der Waals surface area contributed by atoms with Gasteiger partial charge in [0.2, 0.25) is 0 Å². The van der Waals surface area contributed by atoms with Gasteiger partial charge in [-0.05, 0) is 6.07 Å². The Morgan fingerprint density at radius 1 is 1.46 bits per heavy atom. The van der Waals surface area contributed by atoms with E-state index >= 15 is 0 Å². The minimum Gasteiger partial charge on any atom is -0.465 e. The van der Waals surface area contributed by atoms with Crippen molar-refractivity contribution in [3.8, 4) is 0 Å². The molecule has 1 aromatic heterocycles. The Morgan fingerprint density at radius 2 is 2.15 bits per heavy atom. The van der Waals surface area contributed by atoms with Crippen LogP contribution in [0.4, 0.5) is 10.5 Å². The molecule has 2 amide bonds. The lowest BCUT2D eigenvalue weighted by Crippen LogP contribution is -2.17. The van der Waals surface area contributed by atoms with Crippen LogP contribution in [0.5, 0.6) is 0 Å². The number of thiophene rings is 1. The number of nitrogens with one attached hydrogen (secondary N) is 2. The maximum Gasteiger partial charge on any atom is 0.409 e. The van der Waals surface area contributed by atoms with Crippen molar-refractivity contribution in [2.45, 2.75) is 0 Å². The largest absolute Gasteiger partial charge is 0.465 e. The fourth-order valence-electron chi connectivity index (χ4n) is 0.699. The molecule has 0 aromatic carbocycles. The third kappa shape index (κ3) is 2.42. The van der Waals surface area contributed by atoms with Gasteiger partial charge in [-0.3, -0.25) is 15.3 Å². The maximum absolute atomic E-state index is 10.8. The van der Waals surface area contributed by atoms with Crippen LogP contribution >= 0.6 is 11.3 Å². The summed E-state index contributed by atoms with van der Waals surface area (Å²) in [5.74, 6) is -0.663. The molecule has 1 aromatic rings. The van der Waals surface area contributed by atoms with Gasteiger partial charge in [0.1, 0.15) is 0 Å². The highest BCUT2D eigenvalue weighted by Crippen LogP contribution is 2.18. The van der Waals surface area contributed by atoms with Crippen LogP contribution in [0.1, 0.15) is 9.67 Å². The molecule has 0 unspecified atom stereocenters. The molecule has 0 atom stereocenters. The van der Waals surface area contributed by atoms with Gasteiger partial charge in [0.05, 0.1) is 10.6 Å². The number of carbonyl (C=O) groups is 2. The van der Waals surface area contributed by atoms with Crippen molar-refractivity contribution >= 4 is 29.0 Å². The number of hydrogen-bond donors (Lipinski definition) is 4. The van der Waals surface area contributed by atoms with Crippen LogP contribution in [0.15, 0.2) is 11.4 Å². The molecule has 70 valence electrons. The second kappa shape index (κ2) is 3.87. The topological polar surface area (TPSA) is 98.7 Å². The van der Waals surface area contributed by atoms with E-state index in [1.807, 2.05) is 0 Å². The molecule has 0 aliphatic heterocycles. The lowest BCUT2D eigenvalue weighted by atomic mass is 10.4. The molecule has 0 saturated heterocycles. The van der Waals surface area contributed by atoms with Crippen molar-refractivity contribution in [3.63, 3.8) is 0 Å². The minimum atomic E-state index is -1.20. The quantitative estimate of drug-likeness (QED) is 0.424. The van der Waals surface area contributed by atoms with Crippen molar-refractivity contribution in [2.75, 3.05) is 5.32 Å². The van der Waals surface area contributed by atoms with Gasteiger partial charge < -0.3 is 5.11 Å². The average Bonchev–Trinajstić information content (AvgIpc) is 2.50. The molecule has 13 heavy (non-hydrogen) atoms. The number of carbonyl (C=O) groups excluding carboxylic acids is 1. The molecule has 7 heteroatoms. The molecule has 0 aliphatic carbocycles. The second-order valence-corrected chi connectivity index (χ2v) is 2.98. The summed E-state index contributed by atoms with van der Waals surface area (Å²) in [6.45, 7) is 0. The lowest BCUT2D eigenvalue weighted by molar-refractivity contribution is 0.0711. The number of amides is 2. The van der Waals surface area contributed by atoms with Gasteiger partial charge >= 0.3 is 6.09 Å². The number of rotatable bonds is 2. The van der Waals surface area contributed by atoms with E-state index in [1.165, 1.54) is 16.9 Å². The molecule has 0 fully saturated rings. The molecule has 0 aliphatic rings. The fourth-order valence-corrected chi connectivity index (χ4v) is 1.43. The highest BCUT2D eigenvalue weighted by molar-refractivity contribution is 7.12. The molecular weight excluding hydrogens is 196 g/mol. The molecule has 0 bridgehead atoms. The summed E-state index contributed by atoms with van der Waals surface area (Å²) in [5, 5.41) is 20.1. The summed E-state index contributed by atoms with van der Waals surface area (Å²) in [5.41, 5.74) is 1.75. The Hall–Kier alpha value is -1.60. The van der Waals surface area contributed by atoms with Gasteiger partial charge in [0.25, 0.3) is 5.91 Å². The number of anilines is 1. The Balaban J connectivity index is 2.74. The third-order valence-corrected chi connectivity index (χ3v) is 2.11. The molecule has 1 heterocycles. The van der Waals surface area contributed by atoms with E-state index in [4.69, 9.17) is 10.3 Å². The monoisotopic (exact) mass is 202 g/mol. The fraction of sp³-hybridized carbons (Fsp3) is 0. The second-order valence-electron chi connectivity index (χ2n) is 2.07. The summed E-state index contributed by atoms with van der Waals surface area (Å²) >= 11 is 1.03. The molecule has 1 rings (SSSR count). The molecule has 0 saturated carbocycles. The lowest BCUT2D eigenvalue weighted by Gasteiger charge is -1.93. The van der Waals surface area contributed by atoms with Gasteiger partial charge in [-0.25, -0.2) is 10.3 Å². The van der Waals surface area contributed by atoms with Gasteiger partial charge in [-0.15, -0.1) is 11.3 Å². The normalized spacial score (nSPS) is 9.31. The maximum atomic E-state index is 10.8. The molecule has 4 N–H and O–H groups in total. The molecule has 0 spiro atoms. The van der Waals surface area contributed by atoms with Gasteiger partial charge in [0.15, 0.2) is 0 Å². The first kappa shape index (κ1) is 9.49. The predicted molar refractivity (Wildman–Crippen MR) is 45.2 cm³/mol. The van der Waals surface area contributed by atoms with Crippen LogP contribution in [-0.2, 0) is 0 Å². The Labute approximate surface area is 76.8 Å². The van der Waals surface area contributed by atoms with Crippen LogP contribution in [0.25, 0.3) is 0 Å². The van der Waals surface area contributed by atoms with E-state index in [1.54, 1.807) is 0 Å². The van der Waals surface area contributed by atoms with Crippen LogP contribution in [0.2, 0.25) is 0 Å². The van der Waals surface area contributed by atoms with Crippen LogP contribution in [0.3, 0.4) is 0 Å². The van der Waals surface area contributed by atoms with E-state index in [0.29, 0.717) is 5.69 Å². The number of hydrogen-bond acceptors (Lipinski definition) is 4. The van der Waals surface area contributed by atoms with E-state index in [-0.39, 0.29) is 4.88 Å². The molecule has 0 radical (unpaired) electrons. The summed E-state index contributed by atoms with van der Waals surface area (Å²) in [6.07, 6.45) is -1.20. The van der Waals surface area contributed by atoms with Crippen LogP contribution in [-0.4, -0.2) is 22.3 Å². The van der Waals surface area contributed by atoms with E-state index in [9.17, 15) is 9.59 Å². The standard InChI is InChI=1S/C6H6N2O4S/c9-5(8-12)4-1-3(2-13-4)7-6(10)11/h1-2,7,12H,(H,8,9)(H,10,11). The van der Waals surface area contributed by atoms with Gasteiger partial charge in [0, 0.05) is 5.38 Å². The van der Waals surface area contributed by atoms with Crippen molar-refractivity contribution < 1.29 is 19.9 Å². The third-order valence-electron chi connectivity index (χ3n) is 1.18. The van der Waals surface area contributed by atoms with Crippen molar-refractivity contribution in [3.05, 3.63) is 16.3 Å². The SMILES string of the molecule is O=C(O)Nc1csc(C(=O)NO)c1. The highest BCUT2D eigenvalue weighted by atomic mass is 32.1. The van der Waals surface area contributed by atoms with Crippen molar-refractivity contribution in [2.24, 2.45) is 0 Å². The zero-order valence-corrected chi connectivity index (χ0v) is 7.09. The minimum absolute atomic E-state index is 0.228. The Kier molecular flexibility index (Phi) is 2.83. The van der Waals surface area contributed by atoms with Gasteiger partial charge in [-0.2, -0.15) is 0 Å². The number of carboxylic acid groups (broad SMARTS) is 1. The predicted octanol–water partition coefficient (Wildman–Crippen LogP) is 0.957. The summed E-state index contributed by atoms with van der Waals surface area (Å²) in [6, 6.07) is 1.32. The zero-order valence-electron chi connectivity index (χ0n) is 6.27. The van der Waals surface area contributed by atoms with Crippen molar-refractivity contribution in [1.29, 1.82) is 0 Å². The molecule has 6 nitrogen and oxygen atoms in total. The highest BCUT2D eigenvalue weighted by Gasteiger charge is 2.08. The zero-order chi connectivity index (χ0) is 9.84. The first-order chi connectivity index (χ1) is 6.13. The van der Waals surface area contributed by atoms with E-state index in [0.717, 1.165) is 11.3 Å². The van der Waals surface area contributed by atoms with Gasteiger partial charge in [-0.1, -0.05) is 0 Å². The smallest absolute Gasteiger partial charge is 0.409 e. The average molecular weight is 202 g/mol. The van der Waals surface area contributed by atoms with E-state index in [2.05, 4.69) is 5.32 Å².